The van der Waals surface area contributed by atoms with Crippen LogP contribution in [0.15, 0.2) is 52.9 Å². The quantitative estimate of drug-likeness (QED) is 0.786. The third-order valence-electron chi connectivity index (χ3n) is 3.57. The van der Waals surface area contributed by atoms with Gasteiger partial charge in [-0.05, 0) is 42.5 Å². The van der Waals surface area contributed by atoms with Gasteiger partial charge in [-0.25, -0.2) is 4.79 Å². The molecule has 0 aliphatic rings. The van der Waals surface area contributed by atoms with E-state index in [1.54, 1.807) is 50.5 Å². The lowest BCUT2D eigenvalue weighted by atomic mass is 10.1. The number of hydrogen-bond donors (Lipinski definition) is 1. The third-order valence-corrected chi connectivity index (χ3v) is 3.57. The lowest BCUT2D eigenvalue weighted by Crippen LogP contribution is -2.21. The smallest absolute Gasteiger partial charge is 0.335 e. The maximum atomic E-state index is 11.9. The molecule has 0 fully saturated rings. The van der Waals surface area contributed by atoms with E-state index < -0.39 is 5.97 Å². The predicted molar refractivity (Wildman–Crippen MR) is 90.1 cm³/mol. The summed E-state index contributed by atoms with van der Waals surface area (Å²) < 4.78 is 5.63. The summed E-state index contributed by atoms with van der Waals surface area (Å²) in [4.78, 5) is 24.4. The van der Waals surface area contributed by atoms with Crippen LogP contribution in [0.25, 0.3) is 22.9 Å². The maximum Gasteiger partial charge on any atom is 0.335 e. The molecule has 2 aromatic carbocycles. The van der Waals surface area contributed by atoms with Crippen molar-refractivity contribution < 1.29 is 19.1 Å². The molecule has 25 heavy (non-hydrogen) atoms. The summed E-state index contributed by atoms with van der Waals surface area (Å²) in [6, 6.07) is 13.1. The fraction of sp³-hybridized carbons (Fsp3) is 0.111. The zero-order chi connectivity index (χ0) is 18.0. The van der Waals surface area contributed by atoms with E-state index >= 15 is 0 Å². The molecule has 7 heteroatoms. The summed E-state index contributed by atoms with van der Waals surface area (Å²) in [6.45, 7) is 0. The van der Waals surface area contributed by atoms with Gasteiger partial charge in [-0.15, -0.1) is 10.2 Å². The van der Waals surface area contributed by atoms with Gasteiger partial charge in [-0.1, -0.05) is 6.07 Å². The van der Waals surface area contributed by atoms with Gasteiger partial charge in [-0.3, -0.25) is 4.79 Å². The number of carboxylic acids is 1. The van der Waals surface area contributed by atoms with Gasteiger partial charge < -0.3 is 14.4 Å². The number of hydrogen-bond acceptors (Lipinski definition) is 5. The van der Waals surface area contributed by atoms with Crippen molar-refractivity contribution in [3.05, 3.63) is 59.7 Å². The first-order chi connectivity index (χ1) is 12.0. The second-order valence-electron chi connectivity index (χ2n) is 5.58. The number of carboxylic acid groups (broad SMARTS) is 1. The highest BCUT2D eigenvalue weighted by molar-refractivity contribution is 5.94. The van der Waals surface area contributed by atoms with Crippen LogP contribution in [0.5, 0.6) is 0 Å². The first-order valence-electron chi connectivity index (χ1n) is 7.45. The summed E-state index contributed by atoms with van der Waals surface area (Å²) in [7, 11) is 3.37. The lowest BCUT2D eigenvalue weighted by molar-refractivity contribution is 0.0696. The van der Waals surface area contributed by atoms with Crippen LogP contribution in [-0.2, 0) is 0 Å². The number of nitrogens with zero attached hydrogens (tertiary/aromatic N) is 3. The molecule has 0 bridgehead atoms. The van der Waals surface area contributed by atoms with Crippen LogP contribution >= 0.6 is 0 Å². The third kappa shape index (κ3) is 3.40. The van der Waals surface area contributed by atoms with Crippen molar-refractivity contribution >= 4 is 11.9 Å². The second-order valence-corrected chi connectivity index (χ2v) is 5.58. The van der Waals surface area contributed by atoms with E-state index in [1.807, 2.05) is 0 Å². The summed E-state index contributed by atoms with van der Waals surface area (Å²) in [5.41, 5.74) is 1.90. The number of aromatic nitrogens is 2. The molecule has 1 amide bonds. The molecule has 126 valence electrons. The highest BCUT2D eigenvalue weighted by Gasteiger charge is 2.13. The first-order valence-corrected chi connectivity index (χ1v) is 7.45. The Bertz CT molecular complexity index is 930. The molecule has 0 unspecified atom stereocenters. The van der Waals surface area contributed by atoms with Crippen molar-refractivity contribution in [1.29, 1.82) is 0 Å². The Morgan fingerprint density at radius 1 is 0.920 bits per heavy atom. The van der Waals surface area contributed by atoms with Gasteiger partial charge in [0.15, 0.2) is 0 Å². The molecule has 1 aromatic heterocycles. The van der Waals surface area contributed by atoms with E-state index in [1.165, 1.54) is 17.0 Å². The van der Waals surface area contributed by atoms with E-state index in [9.17, 15) is 9.59 Å². The van der Waals surface area contributed by atoms with Crippen molar-refractivity contribution in [3.8, 4) is 22.9 Å². The number of benzene rings is 2. The SMILES string of the molecule is CN(C)C(=O)c1ccc(-c2nnc(-c3cccc(C(=O)O)c3)o2)cc1. The van der Waals surface area contributed by atoms with Crippen LogP contribution in [0, 0.1) is 0 Å². The molecule has 1 heterocycles. The molecule has 0 spiro atoms. The highest BCUT2D eigenvalue weighted by atomic mass is 16.4. The molecule has 0 aliphatic carbocycles. The van der Waals surface area contributed by atoms with Gasteiger partial charge in [0.1, 0.15) is 0 Å². The van der Waals surface area contributed by atoms with Crippen LogP contribution in [0.3, 0.4) is 0 Å². The molecule has 0 saturated heterocycles. The average Bonchev–Trinajstić information content (AvgIpc) is 3.11. The van der Waals surface area contributed by atoms with E-state index in [-0.39, 0.29) is 17.4 Å². The van der Waals surface area contributed by atoms with E-state index in [0.717, 1.165) is 0 Å². The first kappa shape index (κ1) is 16.4. The lowest BCUT2D eigenvalue weighted by Gasteiger charge is -2.09. The summed E-state index contributed by atoms with van der Waals surface area (Å²) in [5, 5.41) is 17.0. The monoisotopic (exact) mass is 337 g/mol. The molecule has 3 aromatic rings. The van der Waals surface area contributed by atoms with Gasteiger partial charge in [0.25, 0.3) is 5.91 Å². The fourth-order valence-corrected chi connectivity index (χ4v) is 2.26. The maximum absolute atomic E-state index is 11.9. The van der Waals surface area contributed by atoms with Gasteiger partial charge in [-0.2, -0.15) is 0 Å². The summed E-state index contributed by atoms with van der Waals surface area (Å²) in [6.07, 6.45) is 0. The minimum atomic E-state index is -1.03. The van der Waals surface area contributed by atoms with E-state index in [0.29, 0.717) is 22.6 Å². The number of aromatic carboxylic acids is 1. The fourth-order valence-electron chi connectivity index (χ4n) is 2.26. The molecule has 1 N–H and O–H groups in total. The Balaban J connectivity index is 1.88. The topological polar surface area (TPSA) is 96.5 Å². The Morgan fingerprint density at radius 2 is 1.56 bits per heavy atom. The van der Waals surface area contributed by atoms with Gasteiger partial charge >= 0.3 is 5.97 Å². The van der Waals surface area contributed by atoms with Crippen molar-refractivity contribution in [3.63, 3.8) is 0 Å². The van der Waals surface area contributed by atoms with Crippen molar-refractivity contribution in [2.24, 2.45) is 0 Å². The van der Waals surface area contributed by atoms with Crippen molar-refractivity contribution in [2.45, 2.75) is 0 Å². The number of rotatable bonds is 4. The minimum absolute atomic E-state index is 0.0942. The standard InChI is InChI=1S/C18H15N3O4/c1-21(2)17(22)12-8-6-11(7-9-12)15-19-20-16(25-15)13-4-3-5-14(10-13)18(23)24/h3-10H,1-2H3,(H,23,24). The van der Waals surface area contributed by atoms with Gasteiger partial charge in [0, 0.05) is 30.8 Å². The van der Waals surface area contributed by atoms with Crippen LogP contribution in [0.2, 0.25) is 0 Å². The Morgan fingerprint density at radius 3 is 2.16 bits per heavy atom. The predicted octanol–water partition coefficient (Wildman–Crippen LogP) is 2.80. The number of amides is 1. The molecular formula is C18H15N3O4. The number of carbonyl (C=O) groups excluding carboxylic acids is 1. The Labute approximate surface area is 143 Å². The zero-order valence-electron chi connectivity index (χ0n) is 13.6. The molecule has 7 nitrogen and oxygen atoms in total. The van der Waals surface area contributed by atoms with Crippen molar-refractivity contribution in [2.75, 3.05) is 14.1 Å². The molecule has 0 radical (unpaired) electrons. The van der Waals surface area contributed by atoms with Crippen LogP contribution in [-0.4, -0.2) is 46.2 Å². The minimum Gasteiger partial charge on any atom is -0.478 e. The molecule has 3 rings (SSSR count). The molecule has 0 aliphatic heterocycles. The Hall–Kier alpha value is -3.48. The average molecular weight is 337 g/mol. The highest BCUT2D eigenvalue weighted by Crippen LogP contribution is 2.25. The van der Waals surface area contributed by atoms with Gasteiger partial charge in [0.2, 0.25) is 11.8 Å². The molecule has 0 atom stereocenters. The van der Waals surface area contributed by atoms with Crippen LogP contribution in [0.1, 0.15) is 20.7 Å². The zero-order valence-corrected chi connectivity index (χ0v) is 13.6. The normalized spacial score (nSPS) is 10.5. The molecule has 0 saturated carbocycles. The van der Waals surface area contributed by atoms with Crippen LogP contribution in [0.4, 0.5) is 0 Å². The summed E-state index contributed by atoms with van der Waals surface area (Å²) in [5.74, 6) is -0.600. The van der Waals surface area contributed by atoms with E-state index in [2.05, 4.69) is 10.2 Å². The van der Waals surface area contributed by atoms with Crippen molar-refractivity contribution in [1.82, 2.24) is 15.1 Å². The van der Waals surface area contributed by atoms with E-state index in [4.69, 9.17) is 9.52 Å². The second kappa shape index (κ2) is 6.56. The number of carbonyl (C=O) groups is 2. The van der Waals surface area contributed by atoms with Crippen LogP contribution < -0.4 is 0 Å². The largest absolute Gasteiger partial charge is 0.478 e. The summed E-state index contributed by atoms with van der Waals surface area (Å²) >= 11 is 0. The van der Waals surface area contributed by atoms with Gasteiger partial charge in [0.05, 0.1) is 5.56 Å². The molecular weight excluding hydrogens is 322 g/mol. The Kier molecular flexibility index (Phi) is 4.30.